The van der Waals surface area contributed by atoms with Gasteiger partial charge in [0, 0.05) is 5.70 Å². The van der Waals surface area contributed by atoms with E-state index in [0.29, 0.717) is 0 Å². The Kier molecular flexibility index (Phi) is 5.34. The van der Waals surface area contributed by atoms with E-state index in [-0.39, 0.29) is 6.04 Å². The Hall–Kier alpha value is -2.58. The Morgan fingerprint density at radius 3 is 2.50 bits per heavy atom. The van der Waals surface area contributed by atoms with Crippen molar-refractivity contribution >= 4 is 5.57 Å². The highest BCUT2D eigenvalue weighted by atomic mass is 15.4. The number of hydrogen-bond acceptors (Lipinski definition) is 2. The highest BCUT2D eigenvalue weighted by Gasteiger charge is 2.24. The van der Waals surface area contributed by atoms with Gasteiger partial charge in [-0.25, -0.2) is 5.43 Å². The lowest BCUT2D eigenvalue weighted by Crippen LogP contribution is -2.23. The van der Waals surface area contributed by atoms with Crippen molar-refractivity contribution in [1.82, 2.24) is 10.9 Å². The summed E-state index contributed by atoms with van der Waals surface area (Å²) in [6.07, 6.45) is 11.7. The molecule has 0 saturated carbocycles. The molecule has 1 unspecified atom stereocenters. The van der Waals surface area contributed by atoms with Crippen LogP contribution in [0.25, 0.3) is 5.57 Å². The minimum absolute atomic E-state index is 0.0891. The highest BCUT2D eigenvalue weighted by molar-refractivity contribution is 5.74. The minimum atomic E-state index is 0.0891. The number of rotatable bonds is 5. The second kappa shape index (κ2) is 7.43. The normalized spacial score (nSPS) is 20.4. The fraction of sp³-hybridized carbons (Fsp3) is 0.100. The molecular formula is C20H22N2. The molecule has 1 aromatic carbocycles. The summed E-state index contributed by atoms with van der Waals surface area (Å²) < 4.78 is 0. The van der Waals surface area contributed by atoms with Crippen LogP contribution in [0, 0.1) is 0 Å². The molecule has 112 valence electrons. The van der Waals surface area contributed by atoms with E-state index in [1.54, 1.807) is 6.08 Å². The Balaban J connectivity index is 2.29. The van der Waals surface area contributed by atoms with E-state index in [9.17, 15) is 0 Å². The van der Waals surface area contributed by atoms with Crippen molar-refractivity contribution in [1.29, 1.82) is 0 Å². The molecule has 0 amide bonds. The molecule has 2 N–H and O–H groups in total. The molecule has 1 atom stereocenters. The van der Waals surface area contributed by atoms with E-state index in [1.165, 1.54) is 5.56 Å². The maximum absolute atomic E-state index is 4.00. The third-order valence-corrected chi connectivity index (χ3v) is 3.59. The number of nitrogens with one attached hydrogen (secondary N) is 2. The van der Waals surface area contributed by atoms with Crippen LogP contribution in [0.2, 0.25) is 0 Å². The first-order chi connectivity index (χ1) is 10.7. The first-order valence-electron chi connectivity index (χ1n) is 7.30. The van der Waals surface area contributed by atoms with Crippen LogP contribution in [0.1, 0.15) is 24.1 Å². The molecule has 1 aliphatic heterocycles. The first kappa shape index (κ1) is 15.8. The molecule has 2 heteroatoms. The van der Waals surface area contributed by atoms with Gasteiger partial charge < -0.3 is 5.43 Å². The molecule has 0 spiro atoms. The third-order valence-electron chi connectivity index (χ3n) is 3.59. The molecule has 0 aromatic heterocycles. The second-order valence-electron chi connectivity index (χ2n) is 5.01. The van der Waals surface area contributed by atoms with Crippen molar-refractivity contribution in [2.45, 2.75) is 13.0 Å². The van der Waals surface area contributed by atoms with Gasteiger partial charge in [0.25, 0.3) is 0 Å². The van der Waals surface area contributed by atoms with Crippen molar-refractivity contribution in [2.24, 2.45) is 0 Å². The Morgan fingerprint density at radius 1 is 1.18 bits per heavy atom. The van der Waals surface area contributed by atoms with Crippen molar-refractivity contribution in [3.8, 4) is 0 Å². The summed E-state index contributed by atoms with van der Waals surface area (Å²) >= 11 is 0. The zero-order chi connectivity index (χ0) is 15.9. The standard InChI is InChI=1S/C20H22N2/c1-5-8-10-16(7-3)17-11-13-18(14-12-17)20-19(9-6-2)15(4)21-22-20/h5-14,20-22H,2-4H2,1H3/b8-5-,16-10+,19-9+. The quantitative estimate of drug-likeness (QED) is 0.774. The lowest BCUT2D eigenvalue weighted by molar-refractivity contribution is 0.614. The summed E-state index contributed by atoms with van der Waals surface area (Å²) in [5.74, 6) is 0. The molecule has 0 bridgehead atoms. The Morgan fingerprint density at radius 2 is 1.91 bits per heavy atom. The minimum Gasteiger partial charge on any atom is -0.321 e. The molecule has 0 aliphatic carbocycles. The van der Waals surface area contributed by atoms with Gasteiger partial charge >= 0.3 is 0 Å². The average molecular weight is 290 g/mol. The van der Waals surface area contributed by atoms with Gasteiger partial charge in [-0.15, -0.1) is 0 Å². The maximum Gasteiger partial charge on any atom is 0.0780 e. The number of benzene rings is 1. The largest absolute Gasteiger partial charge is 0.321 e. The van der Waals surface area contributed by atoms with Gasteiger partial charge in [-0.3, -0.25) is 0 Å². The van der Waals surface area contributed by atoms with Gasteiger partial charge in [0.2, 0.25) is 0 Å². The predicted molar refractivity (Wildman–Crippen MR) is 95.9 cm³/mol. The van der Waals surface area contributed by atoms with Gasteiger partial charge in [0.1, 0.15) is 0 Å². The molecule has 22 heavy (non-hydrogen) atoms. The number of hydrazine groups is 1. The fourth-order valence-electron chi connectivity index (χ4n) is 2.42. The van der Waals surface area contributed by atoms with Crippen LogP contribution in [0.4, 0.5) is 0 Å². The maximum atomic E-state index is 4.00. The molecule has 1 saturated heterocycles. The van der Waals surface area contributed by atoms with Crippen molar-refractivity contribution < 1.29 is 0 Å². The van der Waals surface area contributed by atoms with Crippen LogP contribution >= 0.6 is 0 Å². The van der Waals surface area contributed by atoms with Crippen LogP contribution in [-0.4, -0.2) is 0 Å². The summed E-state index contributed by atoms with van der Waals surface area (Å²) in [5.41, 5.74) is 11.7. The monoisotopic (exact) mass is 290 g/mol. The second-order valence-corrected chi connectivity index (χ2v) is 5.01. The van der Waals surface area contributed by atoms with Gasteiger partial charge in [-0.1, -0.05) is 80.5 Å². The molecule has 1 fully saturated rings. The third kappa shape index (κ3) is 3.35. The first-order valence-corrected chi connectivity index (χ1v) is 7.30. The SMILES string of the molecule is C=C/C=C1\C(=C)NNC1c1ccc(/C(C=C)=C/C=C\C)cc1. The number of allylic oxidation sites excluding steroid dienone is 7. The van der Waals surface area contributed by atoms with E-state index in [2.05, 4.69) is 60.9 Å². The lowest BCUT2D eigenvalue weighted by Gasteiger charge is -2.12. The van der Waals surface area contributed by atoms with E-state index in [4.69, 9.17) is 0 Å². The molecule has 0 radical (unpaired) electrons. The summed E-state index contributed by atoms with van der Waals surface area (Å²) in [4.78, 5) is 0. The zero-order valence-corrected chi connectivity index (χ0v) is 13.0. The average Bonchev–Trinajstić information content (AvgIpc) is 2.90. The predicted octanol–water partition coefficient (Wildman–Crippen LogP) is 4.61. The van der Waals surface area contributed by atoms with Crippen molar-refractivity contribution in [3.05, 3.63) is 103 Å². The molecule has 1 heterocycles. The van der Waals surface area contributed by atoms with E-state index in [0.717, 1.165) is 22.4 Å². The van der Waals surface area contributed by atoms with Crippen LogP contribution in [0.3, 0.4) is 0 Å². The molecular weight excluding hydrogens is 268 g/mol. The smallest absolute Gasteiger partial charge is 0.0780 e. The summed E-state index contributed by atoms with van der Waals surface area (Å²) in [7, 11) is 0. The lowest BCUT2D eigenvalue weighted by atomic mass is 9.96. The fourth-order valence-corrected chi connectivity index (χ4v) is 2.42. The Bertz CT molecular complexity index is 657. The Labute approximate surface area is 132 Å². The van der Waals surface area contributed by atoms with Gasteiger partial charge in [-0.2, -0.15) is 0 Å². The molecule has 1 aromatic rings. The molecule has 2 nitrogen and oxygen atoms in total. The molecule has 1 aliphatic rings. The zero-order valence-electron chi connectivity index (χ0n) is 13.0. The van der Waals surface area contributed by atoms with Gasteiger partial charge in [0.05, 0.1) is 6.04 Å². The van der Waals surface area contributed by atoms with E-state index >= 15 is 0 Å². The van der Waals surface area contributed by atoms with Crippen LogP contribution in [0.5, 0.6) is 0 Å². The van der Waals surface area contributed by atoms with Gasteiger partial charge in [0.15, 0.2) is 0 Å². The molecule has 2 rings (SSSR count). The topological polar surface area (TPSA) is 24.1 Å². The highest BCUT2D eigenvalue weighted by Crippen LogP contribution is 2.30. The van der Waals surface area contributed by atoms with E-state index in [1.807, 2.05) is 31.2 Å². The van der Waals surface area contributed by atoms with Crippen molar-refractivity contribution in [2.75, 3.05) is 0 Å². The van der Waals surface area contributed by atoms with Crippen LogP contribution in [-0.2, 0) is 0 Å². The van der Waals surface area contributed by atoms with E-state index < -0.39 is 0 Å². The van der Waals surface area contributed by atoms with Crippen molar-refractivity contribution in [3.63, 3.8) is 0 Å². The van der Waals surface area contributed by atoms with Gasteiger partial charge in [-0.05, 0) is 29.2 Å². The van der Waals surface area contributed by atoms with Crippen LogP contribution < -0.4 is 10.9 Å². The summed E-state index contributed by atoms with van der Waals surface area (Å²) in [6.45, 7) is 13.6. The summed E-state index contributed by atoms with van der Waals surface area (Å²) in [6, 6.07) is 8.56. The summed E-state index contributed by atoms with van der Waals surface area (Å²) in [5, 5.41) is 0. The number of hydrogen-bond donors (Lipinski definition) is 2. The van der Waals surface area contributed by atoms with Crippen LogP contribution in [0.15, 0.2) is 91.7 Å².